The molecule has 1 atom stereocenters. The molecule has 1 saturated heterocycles. The van der Waals surface area contributed by atoms with Crippen LogP contribution >= 0.6 is 0 Å². The first-order chi connectivity index (χ1) is 8.00. The predicted molar refractivity (Wildman–Crippen MR) is 70.1 cm³/mol. The van der Waals surface area contributed by atoms with Crippen molar-refractivity contribution in [2.24, 2.45) is 0 Å². The van der Waals surface area contributed by atoms with E-state index in [2.05, 4.69) is 6.92 Å². The molecule has 1 unspecified atom stereocenters. The molecular weight excluding hydrogens is 212 g/mol. The highest BCUT2D eigenvalue weighted by Crippen LogP contribution is 2.23. The largest absolute Gasteiger partial charge is 0.398 e. The van der Waals surface area contributed by atoms with Gasteiger partial charge < -0.3 is 10.6 Å². The van der Waals surface area contributed by atoms with Crippen LogP contribution in [0.25, 0.3) is 0 Å². The molecule has 2 rings (SSSR count). The molecule has 0 saturated carbocycles. The van der Waals surface area contributed by atoms with E-state index in [1.54, 1.807) is 0 Å². The van der Waals surface area contributed by atoms with E-state index in [0.717, 1.165) is 36.1 Å². The van der Waals surface area contributed by atoms with Crippen LogP contribution < -0.4 is 5.73 Å². The first kappa shape index (κ1) is 12.0. The summed E-state index contributed by atoms with van der Waals surface area (Å²) in [7, 11) is 0. The second-order valence-corrected chi connectivity index (χ2v) is 5.01. The van der Waals surface area contributed by atoms with Crippen molar-refractivity contribution >= 4 is 11.6 Å². The highest BCUT2D eigenvalue weighted by Gasteiger charge is 2.27. The molecule has 0 aromatic heterocycles. The summed E-state index contributed by atoms with van der Waals surface area (Å²) in [5.41, 5.74) is 9.39. The monoisotopic (exact) mass is 232 g/mol. The average molecular weight is 232 g/mol. The topological polar surface area (TPSA) is 46.3 Å². The number of likely N-dealkylation sites (tertiary alicyclic amines) is 1. The Hall–Kier alpha value is -1.51. The van der Waals surface area contributed by atoms with Crippen molar-refractivity contribution in [3.8, 4) is 0 Å². The second kappa shape index (κ2) is 4.40. The first-order valence-corrected chi connectivity index (χ1v) is 6.18. The van der Waals surface area contributed by atoms with Gasteiger partial charge in [0.05, 0.1) is 0 Å². The molecule has 3 heteroatoms. The highest BCUT2D eigenvalue weighted by molar-refractivity contribution is 5.97. The summed E-state index contributed by atoms with van der Waals surface area (Å²) in [5, 5.41) is 0. The molecule has 0 bridgehead atoms. The highest BCUT2D eigenvalue weighted by atomic mass is 16.2. The molecule has 17 heavy (non-hydrogen) atoms. The number of nitrogens with two attached hydrogens (primary N) is 1. The molecule has 1 aliphatic rings. The van der Waals surface area contributed by atoms with Gasteiger partial charge in [-0.1, -0.05) is 6.07 Å². The Bertz CT molecular complexity index is 454. The Morgan fingerprint density at radius 3 is 2.65 bits per heavy atom. The Labute approximate surface area is 103 Å². The van der Waals surface area contributed by atoms with Gasteiger partial charge in [0.25, 0.3) is 5.91 Å². The quantitative estimate of drug-likeness (QED) is 0.756. The predicted octanol–water partition coefficient (Wildman–Crippen LogP) is 2.51. The van der Waals surface area contributed by atoms with Crippen molar-refractivity contribution in [3.63, 3.8) is 0 Å². The lowest BCUT2D eigenvalue weighted by molar-refractivity contribution is 0.0747. The molecular formula is C14H20N2O. The van der Waals surface area contributed by atoms with E-state index >= 15 is 0 Å². The molecule has 2 N–H and O–H groups in total. The number of carbonyl (C=O) groups excluding carboxylic acids is 1. The van der Waals surface area contributed by atoms with E-state index in [1.807, 2.05) is 30.9 Å². The van der Waals surface area contributed by atoms with Crippen LogP contribution in [-0.4, -0.2) is 23.4 Å². The van der Waals surface area contributed by atoms with Crippen LogP contribution in [0.2, 0.25) is 0 Å². The van der Waals surface area contributed by atoms with Crippen molar-refractivity contribution in [3.05, 3.63) is 28.8 Å². The fraction of sp³-hybridized carbons (Fsp3) is 0.500. The third-order valence-corrected chi connectivity index (χ3v) is 3.66. The standard InChI is InChI=1S/C14H20N2O/c1-9-7-10(2)13(15)8-12(9)14(17)16-6-4-5-11(16)3/h7-8,11H,4-6,15H2,1-3H3. The van der Waals surface area contributed by atoms with Gasteiger partial charge >= 0.3 is 0 Å². The smallest absolute Gasteiger partial charge is 0.254 e. The summed E-state index contributed by atoms with van der Waals surface area (Å²) in [6.07, 6.45) is 2.21. The summed E-state index contributed by atoms with van der Waals surface area (Å²) in [6.45, 7) is 6.92. The molecule has 0 aliphatic carbocycles. The molecule has 1 aromatic carbocycles. The zero-order chi connectivity index (χ0) is 12.6. The van der Waals surface area contributed by atoms with Crippen LogP contribution in [0.4, 0.5) is 5.69 Å². The fourth-order valence-electron chi connectivity index (χ4n) is 2.49. The Morgan fingerprint density at radius 2 is 2.06 bits per heavy atom. The van der Waals surface area contributed by atoms with Gasteiger partial charge in [0.2, 0.25) is 0 Å². The summed E-state index contributed by atoms with van der Waals surface area (Å²) in [4.78, 5) is 14.4. The number of anilines is 1. The lowest BCUT2D eigenvalue weighted by Gasteiger charge is -2.22. The molecule has 1 aromatic rings. The van der Waals surface area contributed by atoms with Gasteiger partial charge in [0, 0.05) is 23.8 Å². The summed E-state index contributed by atoms with van der Waals surface area (Å²) in [6, 6.07) is 4.16. The van der Waals surface area contributed by atoms with Crippen LogP contribution in [0.15, 0.2) is 12.1 Å². The maximum absolute atomic E-state index is 12.4. The van der Waals surface area contributed by atoms with E-state index in [9.17, 15) is 4.79 Å². The van der Waals surface area contributed by atoms with Gasteiger partial charge in [-0.05, 0) is 50.8 Å². The Balaban J connectivity index is 2.34. The normalized spacial score (nSPS) is 19.7. The second-order valence-electron chi connectivity index (χ2n) is 5.01. The number of hydrogen-bond acceptors (Lipinski definition) is 2. The molecule has 0 radical (unpaired) electrons. The van der Waals surface area contributed by atoms with Crippen molar-refractivity contribution in [1.29, 1.82) is 0 Å². The van der Waals surface area contributed by atoms with Gasteiger partial charge in [-0.15, -0.1) is 0 Å². The van der Waals surface area contributed by atoms with Gasteiger partial charge in [-0.2, -0.15) is 0 Å². The van der Waals surface area contributed by atoms with Crippen LogP contribution in [-0.2, 0) is 0 Å². The lowest BCUT2D eigenvalue weighted by atomic mass is 10.0. The lowest BCUT2D eigenvalue weighted by Crippen LogP contribution is -2.34. The van der Waals surface area contributed by atoms with Crippen molar-refractivity contribution in [1.82, 2.24) is 4.90 Å². The minimum absolute atomic E-state index is 0.124. The van der Waals surface area contributed by atoms with Crippen molar-refractivity contribution in [2.45, 2.75) is 39.7 Å². The van der Waals surface area contributed by atoms with Crippen LogP contribution in [0.1, 0.15) is 41.3 Å². The number of carbonyl (C=O) groups is 1. The van der Waals surface area contributed by atoms with E-state index in [-0.39, 0.29) is 5.91 Å². The molecule has 92 valence electrons. The molecule has 1 amide bonds. The van der Waals surface area contributed by atoms with Gasteiger partial charge in [-0.3, -0.25) is 4.79 Å². The summed E-state index contributed by atoms with van der Waals surface area (Å²) < 4.78 is 0. The third-order valence-electron chi connectivity index (χ3n) is 3.66. The van der Waals surface area contributed by atoms with Gasteiger partial charge in [0.15, 0.2) is 0 Å². The number of nitrogen functional groups attached to an aromatic ring is 1. The number of amides is 1. The SMILES string of the molecule is Cc1cc(C)c(C(=O)N2CCCC2C)cc1N. The van der Waals surface area contributed by atoms with E-state index in [4.69, 9.17) is 5.73 Å². The number of hydrogen-bond donors (Lipinski definition) is 1. The Morgan fingerprint density at radius 1 is 1.35 bits per heavy atom. The van der Waals surface area contributed by atoms with Crippen molar-refractivity contribution in [2.75, 3.05) is 12.3 Å². The summed E-state index contributed by atoms with van der Waals surface area (Å²) in [5.74, 6) is 0.124. The zero-order valence-electron chi connectivity index (χ0n) is 10.8. The van der Waals surface area contributed by atoms with Crippen LogP contribution in [0.5, 0.6) is 0 Å². The number of nitrogens with zero attached hydrogens (tertiary/aromatic N) is 1. The van der Waals surface area contributed by atoms with Gasteiger partial charge in [0.1, 0.15) is 0 Å². The molecule has 1 heterocycles. The van der Waals surface area contributed by atoms with Crippen LogP contribution in [0, 0.1) is 13.8 Å². The molecule has 0 spiro atoms. The van der Waals surface area contributed by atoms with E-state index in [1.165, 1.54) is 0 Å². The van der Waals surface area contributed by atoms with E-state index < -0.39 is 0 Å². The minimum atomic E-state index is 0.124. The number of benzene rings is 1. The third kappa shape index (κ3) is 2.14. The minimum Gasteiger partial charge on any atom is -0.398 e. The van der Waals surface area contributed by atoms with Crippen molar-refractivity contribution < 1.29 is 4.79 Å². The average Bonchev–Trinajstić information content (AvgIpc) is 2.69. The summed E-state index contributed by atoms with van der Waals surface area (Å²) >= 11 is 0. The van der Waals surface area contributed by atoms with Gasteiger partial charge in [-0.25, -0.2) is 0 Å². The van der Waals surface area contributed by atoms with E-state index in [0.29, 0.717) is 11.7 Å². The maximum atomic E-state index is 12.4. The number of aryl methyl sites for hydroxylation is 2. The Kier molecular flexibility index (Phi) is 3.09. The molecule has 3 nitrogen and oxygen atoms in total. The van der Waals surface area contributed by atoms with Crippen LogP contribution in [0.3, 0.4) is 0 Å². The zero-order valence-corrected chi connectivity index (χ0v) is 10.8. The number of rotatable bonds is 1. The molecule has 1 aliphatic heterocycles. The first-order valence-electron chi connectivity index (χ1n) is 6.18. The molecule has 1 fully saturated rings. The maximum Gasteiger partial charge on any atom is 0.254 e. The fourth-order valence-corrected chi connectivity index (χ4v) is 2.49.